The van der Waals surface area contributed by atoms with Gasteiger partial charge in [-0.25, -0.2) is 0 Å². The van der Waals surface area contributed by atoms with Gasteiger partial charge in [0.25, 0.3) is 0 Å². The van der Waals surface area contributed by atoms with Crippen molar-refractivity contribution < 1.29 is 0 Å². The van der Waals surface area contributed by atoms with Crippen molar-refractivity contribution in [2.24, 2.45) is 16.5 Å². The first kappa shape index (κ1) is 11.8. The summed E-state index contributed by atoms with van der Waals surface area (Å²) in [5.41, 5.74) is 11.3. The number of guanidine groups is 2. The third kappa shape index (κ3) is 3.13. The maximum atomic E-state index is 7.75. The Hall–Kier alpha value is -2.30. The van der Waals surface area contributed by atoms with E-state index in [0.717, 1.165) is 5.69 Å². The SMILES string of the molecule is C=CCN(C(=N)N=C(N)N)c1ccccc1. The van der Waals surface area contributed by atoms with Crippen molar-refractivity contribution in [2.75, 3.05) is 11.4 Å². The van der Waals surface area contributed by atoms with Crippen molar-refractivity contribution in [1.29, 1.82) is 5.41 Å². The molecule has 0 atom stereocenters. The van der Waals surface area contributed by atoms with Gasteiger partial charge in [-0.3, -0.25) is 5.41 Å². The lowest BCUT2D eigenvalue weighted by molar-refractivity contribution is 1.10. The molecule has 0 fully saturated rings. The van der Waals surface area contributed by atoms with Crippen LogP contribution < -0.4 is 16.4 Å². The first-order valence-corrected chi connectivity index (χ1v) is 4.77. The summed E-state index contributed by atoms with van der Waals surface area (Å²) < 4.78 is 0. The van der Waals surface area contributed by atoms with Crippen molar-refractivity contribution in [2.45, 2.75) is 0 Å². The highest BCUT2D eigenvalue weighted by Crippen LogP contribution is 2.13. The largest absolute Gasteiger partial charge is 0.370 e. The van der Waals surface area contributed by atoms with Gasteiger partial charge < -0.3 is 16.4 Å². The number of benzene rings is 1. The van der Waals surface area contributed by atoms with Gasteiger partial charge in [-0.2, -0.15) is 4.99 Å². The molecule has 5 N–H and O–H groups in total. The average molecular weight is 217 g/mol. The molecule has 0 bridgehead atoms. The lowest BCUT2D eigenvalue weighted by Crippen LogP contribution is -2.33. The Kier molecular flexibility index (Phi) is 4.08. The maximum Gasteiger partial charge on any atom is 0.225 e. The lowest BCUT2D eigenvalue weighted by Gasteiger charge is -2.20. The maximum absolute atomic E-state index is 7.75. The Morgan fingerprint density at radius 2 is 2.00 bits per heavy atom. The minimum absolute atomic E-state index is 0.00824. The normalized spacial score (nSPS) is 9.25. The highest BCUT2D eigenvalue weighted by molar-refractivity contribution is 6.01. The zero-order chi connectivity index (χ0) is 12.0. The molecule has 0 unspecified atom stereocenters. The number of hydrogen-bond acceptors (Lipinski definition) is 1. The van der Waals surface area contributed by atoms with E-state index in [1.165, 1.54) is 0 Å². The van der Waals surface area contributed by atoms with E-state index in [1.54, 1.807) is 11.0 Å². The molecule has 0 aliphatic rings. The number of anilines is 1. The van der Waals surface area contributed by atoms with Gasteiger partial charge in [-0.1, -0.05) is 24.3 Å². The van der Waals surface area contributed by atoms with Crippen molar-refractivity contribution in [1.82, 2.24) is 0 Å². The first-order chi connectivity index (χ1) is 7.65. The van der Waals surface area contributed by atoms with Crippen LogP contribution in [0.3, 0.4) is 0 Å². The van der Waals surface area contributed by atoms with Gasteiger partial charge in [0.2, 0.25) is 5.96 Å². The molecular weight excluding hydrogens is 202 g/mol. The van der Waals surface area contributed by atoms with Gasteiger partial charge in [-0.15, -0.1) is 6.58 Å². The van der Waals surface area contributed by atoms with Crippen LogP contribution in [0.15, 0.2) is 48.0 Å². The average Bonchev–Trinajstić information content (AvgIpc) is 2.26. The van der Waals surface area contributed by atoms with Gasteiger partial charge in [0.05, 0.1) is 0 Å². The fourth-order valence-electron chi connectivity index (χ4n) is 1.23. The molecule has 0 radical (unpaired) electrons. The van der Waals surface area contributed by atoms with Crippen LogP contribution in [0.2, 0.25) is 0 Å². The number of nitrogens with two attached hydrogens (primary N) is 2. The Bertz CT molecular complexity index is 392. The number of para-hydroxylation sites is 1. The minimum atomic E-state index is -0.130. The van der Waals surface area contributed by atoms with E-state index in [4.69, 9.17) is 16.9 Å². The van der Waals surface area contributed by atoms with Gasteiger partial charge >= 0.3 is 0 Å². The summed E-state index contributed by atoms with van der Waals surface area (Å²) in [6.45, 7) is 4.11. The zero-order valence-corrected chi connectivity index (χ0v) is 8.93. The second-order valence-corrected chi connectivity index (χ2v) is 3.10. The molecule has 0 spiro atoms. The topological polar surface area (TPSA) is 91.5 Å². The molecule has 0 amide bonds. The van der Waals surface area contributed by atoms with Crippen LogP contribution in [0.4, 0.5) is 5.69 Å². The molecule has 5 nitrogen and oxygen atoms in total. The van der Waals surface area contributed by atoms with E-state index >= 15 is 0 Å². The number of nitrogens with zero attached hydrogens (tertiary/aromatic N) is 2. The molecule has 1 aromatic carbocycles. The summed E-state index contributed by atoms with van der Waals surface area (Å²) in [5.74, 6) is -0.138. The molecule has 0 saturated heterocycles. The van der Waals surface area contributed by atoms with Gasteiger partial charge in [0.15, 0.2) is 5.96 Å². The van der Waals surface area contributed by atoms with Gasteiger partial charge in [0, 0.05) is 12.2 Å². The van der Waals surface area contributed by atoms with Crippen LogP contribution in [0.5, 0.6) is 0 Å². The van der Waals surface area contributed by atoms with Crippen LogP contribution in [0, 0.1) is 5.41 Å². The summed E-state index contributed by atoms with van der Waals surface area (Å²) in [4.78, 5) is 5.35. The van der Waals surface area contributed by atoms with Gasteiger partial charge in [0.1, 0.15) is 0 Å². The molecule has 0 heterocycles. The van der Waals surface area contributed by atoms with E-state index in [0.29, 0.717) is 6.54 Å². The predicted molar refractivity (Wildman–Crippen MR) is 67.5 cm³/mol. The summed E-state index contributed by atoms with van der Waals surface area (Å²) in [7, 11) is 0. The first-order valence-electron chi connectivity index (χ1n) is 4.77. The van der Waals surface area contributed by atoms with Crippen LogP contribution in [-0.2, 0) is 0 Å². The van der Waals surface area contributed by atoms with E-state index in [-0.39, 0.29) is 11.9 Å². The van der Waals surface area contributed by atoms with E-state index in [2.05, 4.69) is 11.6 Å². The fourth-order valence-corrected chi connectivity index (χ4v) is 1.23. The number of aliphatic imine (C=N–C) groups is 1. The summed E-state index contributed by atoms with van der Waals surface area (Å²) in [6.07, 6.45) is 1.68. The molecule has 16 heavy (non-hydrogen) atoms. The molecule has 0 aliphatic heterocycles. The number of nitrogens with one attached hydrogen (secondary N) is 1. The Morgan fingerprint density at radius 3 is 2.50 bits per heavy atom. The third-order valence-electron chi connectivity index (χ3n) is 1.87. The Morgan fingerprint density at radius 1 is 1.38 bits per heavy atom. The molecule has 84 valence electrons. The predicted octanol–water partition coefficient (Wildman–Crippen LogP) is 0.887. The van der Waals surface area contributed by atoms with Crippen LogP contribution in [0.25, 0.3) is 0 Å². The molecule has 0 aliphatic carbocycles. The number of hydrogen-bond donors (Lipinski definition) is 3. The smallest absolute Gasteiger partial charge is 0.225 e. The molecule has 1 rings (SSSR count). The highest BCUT2D eigenvalue weighted by atomic mass is 15.3. The van der Waals surface area contributed by atoms with Crippen LogP contribution in [-0.4, -0.2) is 18.5 Å². The third-order valence-corrected chi connectivity index (χ3v) is 1.87. The molecule has 1 aromatic rings. The zero-order valence-electron chi connectivity index (χ0n) is 8.93. The Labute approximate surface area is 94.6 Å². The molecule has 0 saturated carbocycles. The van der Waals surface area contributed by atoms with Crippen molar-refractivity contribution in [3.8, 4) is 0 Å². The monoisotopic (exact) mass is 217 g/mol. The Balaban J connectivity index is 2.96. The highest BCUT2D eigenvalue weighted by Gasteiger charge is 2.09. The van der Waals surface area contributed by atoms with E-state index < -0.39 is 0 Å². The molecular formula is C11H15N5. The van der Waals surface area contributed by atoms with Crippen LogP contribution >= 0.6 is 0 Å². The quantitative estimate of drug-likeness (QED) is 0.399. The summed E-state index contributed by atoms with van der Waals surface area (Å²) in [6, 6.07) is 9.42. The molecule has 0 aromatic heterocycles. The minimum Gasteiger partial charge on any atom is -0.370 e. The van der Waals surface area contributed by atoms with Crippen molar-refractivity contribution in [3.63, 3.8) is 0 Å². The molecule has 5 heteroatoms. The summed E-state index contributed by atoms with van der Waals surface area (Å²) in [5, 5.41) is 7.75. The van der Waals surface area contributed by atoms with Gasteiger partial charge in [-0.05, 0) is 12.1 Å². The second kappa shape index (κ2) is 5.55. The second-order valence-electron chi connectivity index (χ2n) is 3.10. The van der Waals surface area contributed by atoms with Crippen molar-refractivity contribution in [3.05, 3.63) is 43.0 Å². The van der Waals surface area contributed by atoms with E-state index in [9.17, 15) is 0 Å². The fraction of sp³-hybridized carbons (Fsp3) is 0.0909. The van der Waals surface area contributed by atoms with Crippen molar-refractivity contribution >= 4 is 17.6 Å². The number of rotatable bonds is 3. The van der Waals surface area contributed by atoms with E-state index in [1.807, 2.05) is 30.3 Å². The standard InChI is InChI=1S/C11H15N5/c1-2-8-16(11(14)15-10(12)13)9-6-4-3-5-7-9/h2-7H,1,8H2,(H5,12,13,14,15). The summed E-state index contributed by atoms with van der Waals surface area (Å²) >= 11 is 0. The lowest BCUT2D eigenvalue weighted by atomic mass is 10.3. The van der Waals surface area contributed by atoms with Crippen LogP contribution in [0.1, 0.15) is 0 Å².